The molecular formula is C22H21ClFN3O2. The predicted octanol–water partition coefficient (Wildman–Crippen LogP) is 4.29. The Bertz CT molecular complexity index is 1020. The maximum absolute atomic E-state index is 13.1. The van der Waals surface area contributed by atoms with Gasteiger partial charge in [0, 0.05) is 36.8 Å². The van der Waals surface area contributed by atoms with Gasteiger partial charge >= 0.3 is 0 Å². The number of benzene rings is 2. The minimum Gasteiger partial charge on any atom is -0.441 e. The first-order valence-corrected chi connectivity index (χ1v) is 9.82. The van der Waals surface area contributed by atoms with Crippen LogP contribution in [0.1, 0.15) is 17.0 Å². The Kier molecular flexibility index (Phi) is 5.65. The molecule has 7 heteroatoms. The van der Waals surface area contributed by atoms with Crippen LogP contribution in [-0.4, -0.2) is 40.3 Å². The van der Waals surface area contributed by atoms with Gasteiger partial charge in [-0.25, -0.2) is 9.37 Å². The summed E-state index contributed by atoms with van der Waals surface area (Å²) in [5.74, 6) is 1.05. The first-order chi connectivity index (χ1) is 14.0. The summed E-state index contributed by atoms with van der Waals surface area (Å²) < 4.78 is 18.9. The number of rotatable bonds is 5. The van der Waals surface area contributed by atoms with Crippen molar-refractivity contribution in [1.29, 1.82) is 0 Å². The Morgan fingerprint density at radius 2 is 1.93 bits per heavy atom. The van der Waals surface area contributed by atoms with Gasteiger partial charge in [0.05, 0.1) is 12.2 Å². The molecule has 1 saturated heterocycles. The normalized spacial score (nSPS) is 15.1. The van der Waals surface area contributed by atoms with Crippen molar-refractivity contribution >= 4 is 17.5 Å². The molecular weight excluding hydrogens is 393 g/mol. The van der Waals surface area contributed by atoms with Crippen molar-refractivity contribution in [2.45, 2.75) is 20.0 Å². The Morgan fingerprint density at radius 1 is 1.14 bits per heavy atom. The average Bonchev–Trinajstić information content (AvgIpc) is 3.06. The molecule has 0 N–H and O–H groups in total. The summed E-state index contributed by atoms with van der Waals surface area (Å²) in [4.78, 5) is 21.0. The summed E-state index contributed by atoms with van der Waals surface area (Å²) in [6.07, 6.45) is 0. The molecule has 4 rings (SSSR count). The highest BCUT2D eigenvalue weighted by Gasteiger charge is 2.25. The van der Waals surface area contributed by atoms with Crippen LogP contribution in [0.25, 0.3) is 11.5 Å². The van der Waals surface area contributed by atoms with E-state index in [-0.39, 0.29) is 11.7 Å². The van der Waals surface area contributed by atoms with Gasteiger partial charge in [0.25, 0.3) is 0 Å². The number of piperazine rings is 1. The molecule has 0 radical (unpaired) electrons. The Labute approximate surface area is 173 Å². The molecule has 0 unspecified atom stereocenters. The second kappa shape index (κ2) is 8.35. The maximum atomic E-state index is 13.1. The van der Waals surface area contributed by atoms with Crippen LogP contribution in [0, 0.1) is 12.7 Å². The molecule has 29 heavy (non-hydrogen) atoms. The number of carbonyl (C=O) groups is 1. The van der Waals surface area contributed by atoms with Gasteiger partial charge in [0.15, 0.2) is 0 Å². The smallest absolute Gasteiger partial charge is 0.237 e. The van der Waals surface area contributed by atoms with Crippen LogP contribution >= 0.6 is 11.6 Å². The van der Waals surface area contributed by atoms with Crippen LogP contribution in [0.15, 0.2) is 52.9 Å². The number of halogens is 2. The third-order valence-electron chi connectivity index (χ3n) is 5.02. The summed E-state index contributed by atoms with van der Waals surface area (Å²) >= 11 is 6.05. The number of oxazole rings is 1. The van der Waals surface area contributed by atoms with Gasteiger partial charge in [0.1, 0.15) is 11.6 Å². The second-order valence-corrected chi connectivity index (χ2v) is 7.62. The van der Waals surface area contributed by atoms with Gasteiger partial charge in [0.2, 0.25) is 11.8 Å². The minimum absolute atomic E-state index is 0.0526. The van der Waals surface area contributed by atoms with Crippen molar-refractivity contribution in [3.63, 3.8) is 0 Å². The van der Waals surface area contributed by atoms with Crippen LogP contribution in [-0.2, 0) is 17.9 Å². The number of nitrogens with zero attached hydrogens (tertiary/aromatic N) is 3. The lowest BCUT2D eigenvalue weighted by atomic mass is 10.2. The van der Waals surface area contributed by atoms with Crippen molar-refractivity contribution in [2.24, 2.45) is 0 Å². The lowest BCUT2D eigenvalue weighted by molar-refractivity contribution is -0.136. The predicted molar refractivity (Wildman–Crippen MR) is 109 cm³/mol. The molecule has 0 atom stereocenters. The molecule has 1 aliphatic heterocycles. The fraction of sp³-hybridized carbons (Fsp3) is 0.273. The number of hydrogen-bond donors (Lipinski definition) is 0. The van der Waals surface area contributed by atoms with E-state index in [9.17, 15) is 9.18 Å². The number of carbonyl (C=O) groups excluding carboxylic acids is 1. The zero-order chi connectivity index (χ0) is 20.4. The topological polar surface area (TPSA) is 49.6 Å². The van der Waals surface area contributed by atoms with Crippen LogP contribution in [0.5, 0.6) is 0 Å². The lowest BCUT2D eigenvalue weighted by Crippen LogP contribution is -2.49. The lowest BCUT2D eigenvalue weighted by Gasteiger charge is -2.34. The molecule has 0 aliphatic carbocycles. The van der Waals surface area contributed by atoms with E-state index in [4.69, 9.17) is 16.0 Å². The molecule has 3 aromatic rings. The fourth-order valence-corrected chi connectivity index (χ4v) is 3.59. The summed E-state index contributed by atoms with van der Waals surface area (Å²) in [7, 11) is 0. The van der Waals surface area contributed by atoms with E-state index in [0.29, 0.717) is 37.1 Å². The number of hydrogen-bond acceptors (Lipinski definition) is 4. The monoisotopic (exact) mass is 413 g/mol. The van der Waals surface area contributed by atoms with Crippen LogP contribution in [0.4, 0.5) is 4.39 Å². The Balaban J connectivity index is 1.39. The highest BCUT2D eigenvalue weighted by Crippen LogP contribution is 2.25. The quantitative estimate of drug-likeness (QED) is 0.626. The van der Waals surface area contributed by atoms with E-state index < -0.39 is 0 Å². The Hall–Kier alpha value is -2.70. The van der Waals surface area contributed by atoms with Crippen molar-refractivity contribution in [2.75, 3.05) is 19.6 Å². The molecule has 0 saturated carbocycles. The van der Waals surface area contributed by atoms with Crippen LogP contribution in [0.2, 0.25) is 5.02 Å². The SMILES string of the molecule is Cc1oc(-c2cccc(Cl)c2)nc1CN1CCN(Cc2ccc(F)cc2)C(=O)C1. The van der Waals surface area contributed by atoms with Gasteiger partial charge in [-0.2, -0.15) is 0 Å². The average molecular weight is 414 g/mol. The highest BCUT2D eigenvalue weighted by atomic mass is 35.5. The van der Waals surface area contributed by atoms with E-state index in [0.717, 1.165) is 29.1 Å². The number of aromatic nitrogens is 1. The molecule has 1 fully saturated rings. The molecule has 150 valence electrons. The third kappa shape index (κ3) is 4.66. The molecule has 5 nitrogen and oxygen atoms in total. The van der Waals surface area contributed by atoms with Gasteiger partial charge in [-0.1, -0.05) is 29.8 Å². The first kappa shape index (κ1) is 19.6. The summed E-state index contributed by atoms with van der Waals surface area (Å²) in [5, 5.41) is 0.628. The van der Waals surface area contributed by atoms with Crippen molar-refractivity contribution in [3.05, 3.63) is 76.4 Å². The van der Waals surface area contributed by atoms with E-state index >= 15 is 0 Å². The van der Waals surface area contributed by atoms with Crippen molar-refractivity contribution in [1.82, 2.24) is 14.8 Å². The Morgan fingerprint density at radius 3 is 2.66 bits per heavy atom. The maximum Gasteiger partial charge on any atom is 0.237 e. The van der Waals surface area contributed by atoms with E-state index in [1.165, 1.54) is 12.1 Å². The van der Waals surface area contributed by atoms with Gasteiger partial charge in [-0.3, -0.25) is 9.69 Å². The molecule has 2 heterocycles. The van der Waals surface area contributed by atoms with E-state index in [1.807, 2.05) is 25.1 Å². The fourth-order valence-electron chi connectivity index (χ4n) is 3.40. The zero-order valence-corrected chi connectivity index (χ0v) is 16.8. The largest absolute Gasteiger partial charge is 0.441 e. The van der Waals surface area contributed by atoms with Crippen LogP contribution < -0.4 is 0 Å². The highest BCUT2D eigenvalue weighted by molar-refractivity contribution is 6.30. The van der Waals surface area contributed by atoms with Gasteiger partial charge < -0.3 is 9.32 Å². The summed E-state index contributed by atoms with van der Waals surface area (Å²) in [6, 6.07) is 13.6. The molecule has 0 bridgehead atoms. The third-order valence-corrected chi connectivity index (χ3v) is 5.26. The second-order valence-electron chi connectivity index (χ2n) is 7.18. The van der Waals surface area contributed by atoms with Gasteiger partial charge in [-0.15, -0.1) is 0 Å². The first-order valence-electron chi connectivity index (χ1n) is 9.45. The zero-order valence-electron chi connectivity index (χ0n) is 16.1. The van der Waals surface area contributed by atoms with E-state index in [1.54, 1.807) is 23.1 Å². The molecule has 1 amide bonds. The molecule has 2 aromatic carbocycles. The van der Waals surface area contributed by atoms with Crippen LogP contribution in [0.3, 0.4) is 0 Å². The van der Waals surface area contributed by atoms with Crippen molar-refractivity contribution < 1.29 is 13.6 Å². The molecule has 0 spiro atoms. The molecule has 1 aromatic heterocycles. The summed E-state index contributed by atoms with van der Waals surface area (Å²) in [6.45, 7) is 4.60. The number of amides is 1. The molecule has 1 aliphatic rings. The standard InChI is InChI=1S/C22H21ClFN3O2/c1-15-20(25-22(29-15)17-3-2-4-18(23)11-17)13-26-9-10-27(21(28)14-26)12-16-5-7-19(24)8-6-16/h2-8,11H,9-10,12-14H2,1H3. The van der Waals surface area contributed by atoms with Crippen molar-refractivity contribution in [3.8, 4) is 11.5 Å². The van der Waals surface area contributed by atoms with E-state index in [2.05, 4.69) is 9.88 Å². The summed E-state index contributed by atoms with van der Waals surface area (Å²) in [5.41, 5.74) is 2.57. The number of aryl methyl sites for hydroxylation is 1. The minimum atomic E-state index is -0.273. The van der Waals surface area contributed by atoms with Gasteiger partial charge in [-0.05, 0) is 42.8 Å².